The number of oxazole rings is 1. The van der Waals surface area contributed by atoms with Crippen molar-refractivity contribution in [3.8, 4) is 28.6 Å². The summed E-state index contributed by atoms with van der Waals surface area (Å²) in [5.41, 5.74) is 9.78. The van der Waals surface area contributed by atoms with Crippen molar-refractivity contribution in [3.05, 3.63) is 84.0 Å². The lowest BCUT2D eigenvalue weighted by Crippen LogP contribution is -2.16. The molecule has 1 atom stereocenters. The number of nitrogens with zero attached hydrogens (tertiary/aromatic N) is 5. The maximum absolute atomic E-state index is 5.55. The molecule has 4 heterocycles. The number of hydrogen-bond acceptors (Lipinski definition) is 5. The molecule has 5 rings (SSSR count). The van der Waals surface area contributed by atoms with E-state index in [1.54, 1.807) is 12.4 Å². The highest BCUT2D eigenvalue weighted by Gasteiger charge is 2.28. The standard InChI is InChI=1S/C25H23N5OSi/c1-17-25-24(22-14-26-16-31-22)28-15-30(25)21-9-8-18(10-12-32(2,3)4)13-19(21)23(29-17)20-7-5-6-11-27-20/h5-9,11,13-17H,1-4H3/t17-/m0/s1. The fourth-order valence-corrected chi connectivity index (χ4v) is 4.30. The van der Waals surface area contributed by atoms with Crippen LogP contribution < -0.4 is 0 Å². The van der Waals surface area contributed by atoms with Crippen molar-refractivity contribution >= 4 is 13.8 Å². The lowest BCUT2D eigenvalue weighted by molar-refractivity contribution is 0.568. The van der Waals surface area contributed by atoms with E-state index in [-0.39, 0.29) is 6.04 Å². The van der Waals surface area contributed by atoms with Gasteiger partial charge in [0.15, 0.2) is 12.2 Å². The van der Waals surface area contributed by atoms with Crippen molar-refractivity contribution in [1.29, 1.82) is 0 Å². The number of fused-ring (bicyclic) bond motifs is 3. The zero-order chi connectivity index (χ0) is 22.3. The SMILES string of the molecule is C[C@@H]1N=C(c2ccccn2)c2cc(C#C[Si](C)(C)C)ccc2-n2cnc(-c3cnco3)c21. The Labute approximate surface area is 188 Å². The van der Waals surface area contributed by atoms with Crippen LogP contribution in [0.1, 0.15) is 35.5 Å². The summed E-state index contributed by atoms with van der Waals surface area (Å²) in [6, 6.07) is 12.0. The van der Waals surface area contributed by atoms with Gasteiger partial charge in [0.1, 0.15) is 20.1 Å². The van der Waals surface area contributed by atoms with Crippen LogP contribution in [0, 0.1) is 11.5 Å². The van der Waals surface area contributed by atoms with Crippen molar-refractivity contribution in [2.45, 2.75) is 32.6 Å². The summed E-state index contributed by atoms with van der Waals surface area (Å²) in [6.07, 6.45) is 6.72. The molecule has 0 bridgehead atoms. The second kappa shape index (κ2) is 7.73. The van der Waals surface area contributed by atoms with Gasteiger partial charge in [-0.05, 0) is 37.3 Å². The van der Waals surface area contributed by atoms with Gasteiger partial charge in [-0.3, -0.25) is 14.5 Å². The third-order valence-electron chi connectivity index (χ3n) is 5.19. The quantitative estimate of drug-likeness (QED) is 0.325. The third kappa shape index (κ3) is 3.70. The highest BCUT2D eigenvalue weighted by Crippen LogP contribution is 2.36. The van der Waals surface area contributed by atoms with Crippen LogP contribution in [0.2, 0.25) is 19.6 Å². The van der Waals surface area contributed by atoms with Gasteiger partial charge in [0.2, 0.25) is 0 Å². The summed E-state index contributed by atoms with van der Waals surface area (Å²) in [5.74, 6) is 4.00. The van der Waals surface area contributed by atoms with Gasteiger partial charge >= 0.3 is 0 Å². The molecule has 0 fully saturated rings. The van der Waals surface area contributed by atoms with Crippen molar-refractivity contribution in [3.63, 3.8) is 0 Å². The Bertz CT molecular complexity index is 1370. The molecule has 0 spiro atoms. The molecule has 0 N–H and O–H groups in total. The smallest absolute Gasteiger partial charge is 0.181 e. The van der Waals surface area contributed by atoms with E-state index >= 15 is 0 Å². The molecule has 0 saturated heterocycles. The van der Waals surface area contributed by atoms with Gasteiger partial charge < -0.3 is 4.42 Å². The predicted octanol–water partition coefficient (Wildman–Crippen LogP) is 5.06. The molecular formula is C25H23N5OSi. The zero-order valence-electron chi connectivity index (χ0n) is 18.5. The largest absolute Gasteiger partial charge is 0.442 e. The number of imidazole rings is 1. The van der Waals surface area contributed by atoms with Gasteiger partial charge in [-0.25, -0.2) is 9.97 Å². The van der Waals surface area contributed by atoms with Crippen LogP contribution in [-0.4, -0.2) is 33.3 Å². The average Bonchev–Trinajstić information content (AvgIpc) is 3.43. The number of benzene rings is 1. The zero-order valence-corrected chi connectivity index (χ0v) is 19.5. The van der Waals surface area contributed by atoms with Gasteiger partial charge in [0.05, 0.1) is 35.0 Å². The molecule has 0 saturated carbocycles. The lowest BCUT2D eigenvalue weighted by atomic mass is 10.0. The molecule has 32 heavy (non-hydrogen) atoms. The number of aromatic nitrogens is 4. The monoisotopic (exact) mass is 437 g/mol. The fraction of sp³-hybridized carbons (Fsp3) is 0.200. The van der Waals surface area contributed by atoms with E-state index < -0.39 is 8.07 Å². The van der Waals surface area contributed by atoms with Gasteiger partial charge in [-0.15, -0.1) is 5.54 Å². The van der Waals surface area contributed by atoms with Crippen molar-refractivity contribution < 1.29 is 4.42 Å². The summed E-state index contributed by atoms with van der Waals surface area (Å²) in [5, 5.41) is 0. The van der Waals surface area contributed by atoms with Gasteiger partial charge in [-0.2, -0.15) is 0 Å². The molecule has 1 aliphatic heterocycles. The van der Waals surface area contributed by atoms with E-state index in [1.807, 2.05) is 24.5 Å². The van der Waals surface area contributed by atoms with Crippen LogP contribution in [0.5, 0.6) is 0 Å². The Balaban J connectivity index is 1.76. The van der Waals surface area contributed by atoms with Crippen LogP contribution in [0.15, 0.2) is 70.9 Å². The molecule has 0 unspecified atom stereocenters. The first-order valence-corrected chi connectivity index (χ1v) is 14.0. The molecule has 158 valence electrons. The fourth-order valence-electron chi connectivity index (χ4n) is 3.78. The maximum atomic E-state index is 5.55. The lowest BCUT2D eigenvalue weighted by Gasteiger charge is -2.12. The van der Waals surface area contributed by atoms with Gasteiger partial charge in [0.25, 0.3) is 0 Å². The van der Waals surface area contributed by atoms with Crippen LogP contribution in [0.3, 0.4) is 0 Å². The minimum Gasteiger partial charge on any atom is -0.442 e. The molecule has 0 aliphatic carbocycles. The van der Waals surface area contributed by atoms with Crippen LogP contribution in [0.25, 0.3) is 17.1 Å². The van der Waals surface area contributed by atoms with Crippen molar-refractivity contribution in [2.75, 3.05) is 0 Å². The molecule has 0 radical (unpaired) electrons. The van der Waals surface area contributed by atoms with Gasteiger partial charge in [-0.1, -0.05) is 31.6 Å². The second-order valence-electron chi connectivity index (χ2n) is 8.81. The number of hydrogen-bond donors (Lipinski definition) is 0. The van der Waals surface area contributed by atoms with E-state index in [4.69, 9.17) is 9.41 Å². The number of rotatable bonds is 2. The Morgan fingerprint density at radius 1 is 1.09 bits per heavy atom. The molecule has 1 aromatic carbocycles. The first-order valence-electron chi connectivity index (χ1n) is 10.5. The summed E-state index contributed by atoms with van der Waals surface area (Å²) >= 11 is 0. The van der Waals surface area contributed by atoms with Crippen molar-refractivity contribution in [1.82, 2.24) is 19.5 Å². The summed E-state index contributed by atoms with van der Waals surface area (Å²) in [4.78, 5) is 18.4. The Hall–Kier alpha value is -3.76. The topological polar surface area (TPSA) is 69.1 Å². The molecule has 4 aromatic rings. The Kier molecular flexibility index (Phi) is 4.87. The summed E-state index contributed by atoms with van der Waals surface area (Å²) in [7, 11) is -1.50. The first kappa shape index (κ1) is 20.2. The van der Waals surface area contributed by atoms with E-state index in [0.29, 0.717) is 5.76 Å². The number of aliphatic imine (C=N–C) groups is 1. The molecule has 7 heteroatoms. The van der Waals surface area contributed by atoms with E-state index in [0.717, 1.165) is 39.6 Å². The Morgan fingerprint density at radius 2 is 1.97 bits per heavy atom. The number of pyridine rings is 1. The predicted molar refractivity (Wildman–Crippen MR) is 128 cm³/mol. The van der Waals surface area contributed by atoms with E-state index in [2.05, 4.69) is 75.7 Å². The highest BCUT2D eigenvalue weighted by atomic mass is 28.3. The molecule has 0 amide bonds. The second-order valence-corrected chi connectivity index (χ2v) is 13.6. The highest BCUT2D eigenvalue weighted by molar-refractivity contribution is 6.83. The van der Waals surface area contributed by atoms with E-state index in [1.165, 1.54) is 6.39 Å². The average molecular weight is 438 g/mol. The molecular weight excluding hydrogens is 414 g/mol. The minimum atomic E-state index is -1.50. The maximum Gasteiger partial charge on any atom is 0.181 e. The minimum absolute atomic E-state index is 0.168. The molecule has 3 aromatic heterocycles. The molecule has 6 nitrogen and oxygen atoms in total. The third-order valence-corrected chi connectivity index (χ3v) is 6.06. The van der Waals surface area contributed by atoms with Crippen LogP contribution in [-0.2, 0) is 0 Å². The van der Waals surface area contributed by atoms with Crippen LogP contribution >= 0.6 is 0 Å². The summed E-state index contributed by atoms with van der Waals surface area (Å²) < 4.78 is 7.64. The Morgan fingerprint density at radius 3 is 2.69 bits per heavy atom. The summed E-state index contributed by atoms with van der Waals surface area (Å²) in [6.45, 7) is 8.80. The normalized spacial score (nSPS) is 15.1. The van der Waals surface area contributed by atoms with E-state index in [9.17, 15) is 0 Å². The van der Waals surface area contributed by atoms with Crippen LogP contribution in [0.4, 0.5) is 0 Å². The first-order chi connectivity index (χ1) is 15.4. The van der Waals surface area contributed by atoms with Gasteiger partial charge in [0, 0.05) is 17.3 Å². The van der Waals surface area contributed by atoms with Crippen molar-refractivity contribution in [2.24, 2.45) is 4.99 Å². The molecule has 1 aliphatic rings.